The van der Waals surface area contributed by atoms with Crippen LogP contribution in [-0.4, -0.2) is 40.7 Å². The van der Waals surface area contributed by atoms with E-state index in [0.717, 1.165) is 6.42 Å². The largest absolute Gasteiger partial charge is 0.385 e. The summed E-state index contributed by atoms with van der Waals surface area (Å²) < 4.78 is 32.3. The molecule has 0 aliphatic heterocycles. The van der Waals surface area contributed by atoms with Crippen molar-refractivity contribution < 1.29 is 13.2 Å². The van der Waals surface area contributed by atoms with Crippen LogP contribution in [0.2, 0.25) is 0 Å². The Balaban J connectivity index is 2.80. The molecule has 1 aromatic rings. The number of aromatic nitrogens is 1. The van der Waals surface area contributed by atoms with Gasteiger partial charge in [-0.05, 0) is 24.0 Å². The van der Waals surface area contributed by atoms with Gasteiger partial charge in [0.2, 0.25) is 10.0 Å². The SMILES string of the molecule is CNc1ncccc1S(=O)(=O)NCC(C)(C)CCOC. The summed E-state index contributed by atoms with van der Waals surface area (Å²) in [6.45, 7) is 4.94. The lowest BCUT2D eigenvalue weighted by atomic mass is 9.90. The molecule has 0 saturated heterocycles. The predicted octanol–water partition coefficient (Wildman–Crippen LogP) is 1.46. The van der Waals surface area contributed by atoms with E-state index in [1.807, 2.05) is 13.8 Å². The molecule has 1 rings (SSSR count). The first-order chi connectivity index (χ1) is 9.32. The van der Waals surface area contributed by atoms with Crippen LogP contribution < -0.4 is 10.0 Å². The minimum atomic E-state index is -3.58. The van der Waals surface area contributed by atoms with Gasteiger partial charge >= 0.3 is 0 Å². The molecule has 0 unspecified atom stereocenters. The van der Waals surface area contributed by atoms with Crippen molar-refractivity contribution in [2.75, 3.05) is 32.6 Å². The van der Waals surface area contributed by atoms with Crippen LogP contribution in [0.1, 0.15) is 20.3 Å². The fourth-order valence-corrected chi connectivity index (χ4v) is 3.03. The van der Waals surface area contributed by atoms with Crippen LogP contribution in [0.25, 0.3) is 0 Å². The summed E-state index contributed by atoms with van der Waals surface area (Å²) in [7, 11) is -0.300. The number of ether oxygens (including phenoxy) is 1. The number of methoxy groups -OCH3 is 1. The van der Waals surface area contributed by atoms with Gasteiger partial charge in [0.05, 0.1) is 0 Å². The lowest BCUT2D eigenvalue weighted by Gasteiger charge is -2.24. The van der Waals surface area contributed by atoms with Crippen LogP contribution in [0.3, 0.4) is 0 Å². The number of nitrogens with zero attached hydrogens (tertiary/aromatic N) is 1. The lowest BCUT2D eigenvalue weighted by Crippen LogP contribution is -2.35. The molecule has 20 heavy (non-hydrogen) atoms. The van der Waals surface area contributed by atoms with Crippen molar-refractivity contribution in [3.05, 3.63) is 18.3 Å². The third kappa shape index (κ3) is 4.73. The lowest BCUT2D eigenvalue weighted by molar-refractivity contribution is 0.153. The number of pyridine rings is 1. The maximum atomic E-state index is 12.3. The second-order valence-electron chi connectivity index (χ2n) is 5.33. The van der Waals surface area contributed by atoms with Gasteiger partial charge in [0.15, 0.2) is 0 Å². The Labute approximate surface area is 121 Å². The molecule has 0 amide bonds. The minimum Gasteiger partial charge on any atom is -0.385 e. The zero-order valence-electron chi connectivity index (χ0n) is 12.4. The summed E-state index contributed by atoms with van der Waals surface area (Å²) in [4.78, 5) is 4.16. The van der Waals surface area contributed by atoms with Gasteiger partial charge < -0.3 is 10.1 Å². The number of hydrogen-bond donors (Lipinski definition) is 2. The van der Waals surface area contributed by atoms with E-state index in [2.05, 4.69) is 15.0 Å². The first kappa shape index (κ1) is 16.9. The summed E-state index contributed by atoms with van der Waals surface area (Å²) in [5, 5.41) is 2.78. The highest BCUT2D eigenvalue weighted by atomic mass is 32.2. The van der Waals surface area contributed by atoms with Gasteiger partial charge in [0, 0.05) is 33.5 Å². The average Bonchev–Trinajstić information content (AvgIpc) is 2.43. The van der Waals surface area contributed by atoms with E-state index in [-0.39, 0.29) is 10.3 Å². The molecule has 0 saturated carbocycles. The maximum Gasteiger partial charge on any atom is 0.244 e. The van der Waals surface area contributed by atoms with Crippen molar-refractivity contribution in [3.63, 3.8) is 0 Å². The monoisotopic (exact) mass is 301 g/mol. The minimum absolute atomic E-state index is 0.157. The number of anilines is 1. The molecule has 1 aromatic heterocycles. The van der Waals surface area contributed by atoms with Crippen molar-refractivity contribution >= 4 is 15.8 Å². The number of sulfonamides is 1. The Morgan fingerprint density at radius 3 is 2.70 bits per heavy atom. The number of hydrogen-bond acceptors (Lipinski definition) is 5. The van der Waals surface area contributed by atoms with E-state index in [1.165, 1.54) is 6.07 Å². The van der Waals surface area contributed by atoms with Gasteiger partial charge in [-0.2, -0.15) is 0 Å². The molecule has 0 atom stereocenters. The fraction of sp³-hybridized carbons (Fsp3) is 0.615. The molecular formula is C13H23N3O3S. The Morgan fingerprint density at radius 1 is 1.40 bits per heavy atom. The Kier molecular flexibility index (Phi) is 5.91. The van der Waals surface area contributed by atoms with E-state index in [9.17, 15) is 8.42 Å². The Morgan fingerprint density at radius 2 is 2.10 bits per heavy atom. The Bertz CT molecular complexity index is 529. The van der Waals surface area contributed by atoms with E-state index in [4.69, 9.17) is 4.74 Å². The van der Waals surface area contributed by atoms with E-state index in [0.29, 0.717) is 19.0 Å². The smallest absolute Gasteiger partial charge is 0.244 e. The molecule has 0 aromatic carbocycles. The molecule has 0 fully saturated rings. The van der Waals surface area contributed by atoms with Crippen LogP contribution in [0, 0.1) is 5.41 Å². The summed E-state index contributed by atoms with van der Waals surface area (Å²) in [5.74, 6) is 0.342. The molecule has 0 radical (unpaired) electrons. The van der Waals surface area contributed by atoms with Crippen molar-refractivity contribution in [3.8, 4) is 0 Å². The highest BCUT2D eigenvalue weighted by molar-refractivity contribution is 7.89. The van der Waals surface area contributed by atoms with Crippen molar-refractivity contribution in [1.82, 2.24) is 9.71 Å². The highest BCUT2D eigenvalue weighted by Gasteiger charge is 2.24. The zero-order chi connectivity index (χ0) is 15.2. The average molecular weight is 301 g/mol. The summed E-state index contributed by atoms with van der Waals surface area (Å²) in [5.41, 5.74) is -0.176. The standard InChI is InChI=1S/C13H23N3O3S/c1-13(2,7-9-19-4)10-16-20(17,18)11-6-5-8-15-12(11)14-3/h5-6,8,16H,7,9-10H2,1-4H3,(H,14,15). The van der Waals surface area contributed by atoms with Crippen molar-refractivity contribution in [1.29, 1.82) is 0 Å². The quantitative estimate of drug-likeness (QED) is 0.760. The van der Waals surface area contributed by atoms with Crippen molar-refractivity contribution in [2.24, 2.45) is 5.41 Å². The van der Waals surface area contributed by atoms with Gasteiger partial charge in [0.25, 0.3) is 0 Å². The van der Waals surface area contributed by atoms with E-state index in [1.54, 1.807) is 26.4 Å². The highest BCUT2D eigenvalue weighted by Crippen LogP contribution is 2.22. The molecular weight excluding hydrogens is 278 g/mol. The molecule has 7 heteroatoms. The predicted molar refractivity (Wildman–Crippen MR) is 79.2 cm³/mol. The van der Waals surface area contributed by atoms with E-state index < -0.39 is 10.0 Å². The summed E-state index contributed by atoms with van der Waals surface area (Å²) in [6, 6.07) is 3.13. The van der Waals surface area contributed by atoms with E-state index >= 15 is 0 Å². The van der Waals surface area contributed by atoms with Crippen LogP contribution in [0.15, 0.2) is 23.2 Å². The molecule has 0 spiro atoms. The van der Waals surface area contributed by atoms with Crippen LogP contribution in [0.4, 0.5) is 5.82 Å². The van der Waals surface area contributed by atoms with Gasteiger partial charge in [0.1, 0.15) is 10.7 Å². The van der Waals surface area contributed by atoms with Crippen LogP contribution in [0.5, 0.6) is 0 Å². The number of rotatable bonds is 8. The normalized spacial score (nSPS) is 12.4. The topological polar surface area (TPSA) is 80.3 Å². The molecule has 1 heterocycles. The molecule has 2 N–H and O–H groups in total. The van der Waals surface area contributed by atoms with Gasteiger partial charge in [-0.25, -0.2) is 18.1 Å². The van der Waals surface area contributed by atoms with Gasteiger partial charge in [-0.15, -0.1) is 0 Å². The zero-order valence-corrected chi connectivity index (χ0v) is 13.3. The first-order valence-corrected chi connectivity index (χ1v) is 7.92. The molecule has 0 bridgehead atoms. The summed E-state index contributed by atoms with van der Waals surface area (Å²) >= 11 is 0. The van der Waals surface area contributed by atoms with Gasteiger partial charge in [-0.1, -0.05) is 13.8 Å². The molecule has 0 aliphatic rings. The second kappa shape index (κ2) is 7.01. The third-order valence-electron chi connectivity index (χ3n) is 3.02. The molecule has 114 valence electrons. The van der Waals surface area contributed by atoms with Gasteiger partial charge in [-0.3, -0.25) is 0 Å². The maximum absolute atomic E-state index is 12.3. The van der Waals surface area contributed by atoms with Crippen LogP contribution in [-0.2, 0) is 14.8 Å². The second-order valence-corrected chi connectivity index (χ2v) is 7.07. The number of nitrogens with one attached hydrogen (secondary N) is 2. The molecule has 6 nitrogen and oxygen atoms in total. The van der Waals surface area contributed by atoms with Crippen molar-refractivity contribution in [2.45, 2.75) is 25.2 Å². The molecule has 0 aliphatic carbocycles. The third-order valence-corrected chi connectivity index (χ3v) is 4.45. The Hall–Kier alpha value is -1.18. The summed E-state index contributed by atoms with van der Waals surface area (Å²) in [6.07, 6.45) is 2.32. The fourth-order valence-electron chi connectivity index (χ4n) is 1.63. The first-order valence-electron chi connectivity index (χ1n) is 6.44. The van der Waals surface area contributed by atoms with Crippen LogP contribution >= 0.6 is 0 Å².